The number of benzene rings is 2. The Balaban J connectivity index is 0.00000272. The second-order valence-corrected chi connectivity index (χ2v) is 7.23. The number of anilines is 1. The van der Waals surface area contributed by atoms with Crippen LogP contribution in [0.3, 0.4) is 0 Å². The van der Waals surface area contributed by atoms with Crippen LogP contribution in [0.2, 0.25) is 0 Å². The summed E-state index contributed by atoms with van der Waals surface area (Å²) < 4.78 is 1.90. The van der Waals surface area contributed by atoms with Gasteiger partial charge in [-0.1, -0.05) is 30.3 Å². The molecular weight excluding hydrogens is 414 g/mol. The second-order valence-electron chi connectivity index (χ2n) is 7.23. The van der Waals surface area contributed by atoms with Gasteiger partial charge in [-0.3, -0.25) is 9.59 Å². The number of rotatable bonds is 6. The molecule has 4 rings (SSSR count). The van der Waals surface area contributed by atoms with Crippen LogP contribution in [-0.4, -0.2) is 34.0 Å². The molecule has 1 N–H and O–H groups in total. The van der Waals surface area contributed by atoms with Crippen LogP contribution in [0, 0.1) is 11.3 Å². The average molecular weight is 436 g/mol. The van der Waals surface area contributed by atoms with Crippen molar-refractivity contribution in [2.45, 2.75) is 25.4 Å². The number of carbonyl (C=O) groups is 2. The Kier molecular flexibility index (Phi) is 7.06. The smallest absolute Gasteiger partial charge is 0.249 e. The highest BCUT2D eigenvalue weighted by Gasteiger charge is 2.33. The van der Waals surface area contributed by atoms with Crippen LogP contribution >= 0.6 is 12.4 Å². The van der Waals surface area contributed by atoms with Crippen molar-refractivity contribution in [1.29, 1.82) is 5.26 Å². The molecule has 31 heavy (non-hydrogen) atoms. The number of amides is 2. The fraction of sp³-hybridized carbons (Fsp3) is 0.217. The molecule has 0 unspecified atom stereocenters. The molecule has 1 atom stereocenters. The number of para-hydroxylation sites is 1. The van der Waals surface area contributed by atoms with Gasteiger partial charge in [0.2, 0.25) is 11.8 Å². The molecule has 1 saturated heterocycles. The third-order valence-electron chi connectivity index (χ3n) is 5.18. The lowest BCUT2D eigenvalue weighted by Gasteiger charge is -2.17. The first-order chi connectivity index (χ1) is 14.6. The van der Waals surface area contributed by atoms with Gasteiger partial charge in [-0.05, 0) is 36.2 Å². The van der Waals surface area contributed by atoms with E-state index in [1.54, 1.807) is 29.6 Å². The van der Waals surface area contributed by atoms with E-state index in [0.717, 1.165) is 16.9 Å². The molecule has 158 valence electrons. The van der Waals surface area contributed by atoms with Crippen LogP contribution < -0.4 is 10.2 Å². The van der Waals surface area contributed by atoms with Crippen molar-refractivity contribution in [3.63, 3.8) is 0 Å². The molecule has 1 aromatic heterocycles. The molecule has 0 saturated carbocycles. The molecule has 8 heteroatoms. The van der Waals surface area contributed by atoms with E-state index in [4.69, 9.17) is 5.26 Å². The summed E-state index contributed by atoms with van der Waals surface area (Å²) in [7, 11) is 0. The predicted octanol–water partition coefficient (Wildman–Crippen LogP) is 2.69. The number of carbonyl (C=O) groups excluding carboxylic acids is 2. The molecule has 0 spiro atoms. The maximum absolute atomic E-state index is 12.7. The standard InChI is InChI=1S/C23H21N5O2.ClH/c24-13-17-6-8-18(9-7-17)15-27-16-25-14-20(27)12-22(29)26-21-10-11-28(23(21)30)19-4-2-1-3-5-19;/h1-9,14,16,21H,10-12,15H2,(H,26,29);1H/t21-;/m1./s1. The van der Waals surface area contributed by atoms with Crippen LogP contribution in [0.1, 0.15) is 23.2 Å². The topological polar surface area (TPSA) is 91.0 Å². The number of nitriles is 1. The highest BCUT2D eigenvalue weighted by atomic mass is 35.5. The number of imidazole rings is 1. The van der Waals surface area contributed by atoms with Gasteiger partial charge in [0.25, 0.3) is 0 Å². The van der Waals surface area contributed by atoms with Crippen molar-refractivity contribution >= 4 is 29.9 Å². The monoisotopic (exact) mass is 435 g/mol. The van der Waals surface area contributed by atoms with Crippen LogP contribution in [0.4, 0.5) is 5.69 Å². The minimum absolute atomic E-state index is 0. The fourth-order valence-corrected chi connectivity index (χ4v) is 3.61. The van der Waals surface area contributed by atoms with Crippen molar-refractivity contribution in [3.8, 4) is 6.07 Å². The van der Waals surface area contributed by atoms with Gasteiger partial charge in [-0.2, -0.15) is 5.26 Å². The summed E-state index contributed by atoms with van der Waals surface area (Å²) in [5.74, 6) is -0.287. The lowest BCUT2D eigenvalue weighted by atomic mass is 10.1. The number of nitrogens with one attached hydrogen (secondary N) is 1. The predicted molar refractivity (Wildman–Crippen MR) is 119 cm³/mol. The van der Waals surface area contributed by atoms with Gasteiger partial charge in [0.1, 0.15) is 6.04 Å². The largest absolute Gasteiger partial charge is 0.344 e. The Labute approximate surface area is 186 Å². The maximum Gasteiger partial charge on any atom is 0.249 e. The van der Waals surface area contributed by atoms with Gasteiger partial charge in [0.05, 0.1) is 24.4 Å². The minimum Gasteiger partial charge on any atom is -0.344 e. The van der Waals surface area contributed by atoms with Gasteiger partial charge < -0.3 is 14.8 Å². The molecule has 0 radical (unpaired) electrons. The number of halogens is 1. The summed E-state index contributed by atoms with van der Waals surface area (Å²) in [6, 6.07) is 18.4. The molecule has 1 aliphatic heterocycles. The van der Waals surface area contributed by atoms with E-state index in [9.17, 15) is 9.59 Å². The number of aromatic nitrogens is 2. The molecule has 1 fully saturated rings. The quantitative estimate of drug-likeness (QED) is 0.644. The number of hydrogen-bond acceptors (Lipinski definition) is 4. The molecule has 7 nitrogen and oxygen atoms in total. The lowest BCUT2D eigenvalue weighted by molar-refractivity contribution is -0.126. The fourth-order valence-electron chi connectivity index (χ4n) is 3.61. The summed E-state index contributed by atoms with van der Waals surface area (Å²) in [6.07, 6.45) is 4.07. The van der Waals surface area contributed by atoms with E-state index in [-0.39, 0.29) is 30.6 Å². The van der Waals surface area contributed by atoms with Gasteiger partial charge >= 0.3 is 0 Å². The van der Waals surface area contributed by atoms with Gasteiger partial charge in [0.15, 0.2) is 0 Å². The zero-order valence-corrected chi connectivity index (χ0v) is 17.6. The van der Waals surface area contributed by atoms with Crippen molar-refractivity contribution < 1.29 is 9.59 Å². The first-order valence-electron chi connectivity index (χ1n) is 9.78. The van der Waals surface area contributed by atoms with Gasteiger partial charge in [-0.25, -0.2) is 4.98 Å². The molecule has 0 bridgehead atoms. The Morgan fingerprint density at radius 3 is 2.61 bits per heavy atom. The van der Waals surface area contributed by atoms with Crippen molar-refractivity contribution in [2.75, 3.05) is 11.4 Å². The summed E-state index contributed by atoms with van der Waals surface area (Å²) in [4.78, 5) is 31.1. The van der Waals surface area contributed by atoms with Crippen molar-refractivity contribution in [2.24, 2.45) is 0 Å². The summed E-state index contributed by atoms with van der Waals surface area (Å²) >= 11 is 0. The van der Waals surface area contributed by atoms with E-state index in [2.05, 4.69) is 16.4 Å². The van der Waals surface area contributed by atoms with Crippen molar-refractivity contribution in [1.82, 2.24) is 14.9 Å². The molecule has 0 aliphatic carbocycles. The molecule has 2 aromatic carbocycles. The summed E-state index contributed by atoms with van der Waals surface area (Å²) in [5.41, 5.74) is 3.23. The van der Waals surface area contributed by atoms with E-state index in [1.807, 2.05) is 47.0 Å². The first-order valence-corrected chi connectivity index (χ1v) is 9.78. The third kappa shape index (κ3) is 5.11. The Hall–Kier alpha value is -3.63. The molecule has 1 aliphatic rings. The Bertz CT molecular complexity index is 1090. The second kappa shape index (κ2) is 9.92. The van der Waals surface area contributed by atoms with Gasteiger partial charge in [0, 0.05) is 30.7 Å². The molecular formula is C23H22ClN5O2. The lowest BCUT2D eigenvalue weighted by Crippen LogP contribution is -2.42. The molecule has 2 heterocycles. The van der Waals surface area contributed by atoms with E-state index in [0.29, 0.717) is 25.1 Å². The number of hydrogen-bond donors (Lipinski definition) is 1. The molecule has 2 amide bonds. The highest BCUT2D eigenvalue weighted by Crippen LogP contribution is 2.21. The SMILES string of the molecule is Cl.N#Cc1ccc(Cn2cncc2CC(=O)N[C@@H]2CCN(c3ccccc3)C2=O)cc1. The van der Waals surface area contributed by atoms with E-state index in [1.165, 1.54) is 0 Å². The van der Waals surface area contributed by atoms with E-state index < -0.39 is 6.04 Å². The van der Waals surface area contributed by atoms with E-state index >= 15 is 0 Å². The Morgan fingerprint density at radius 2 is 1.90 bits per heavy atom. The average Bonchev–Trinajstić information content (AvgIpc) is 3.35. The first kappa shape index (κ1) is 22.1. The van der Waals surface area contributed by atoms with Crippen LogP contribution in [0.5, 0.6) is 0 Å². The zero-order chi connectivity index (χ0) is 20.9. The van der Waals surface area contributed by atoms with Crippen LogP contribution in [-0.2, 0) is 22.6 Å². The zero-order valence-electron chi connectivity index (χ0n) is 16.8. The normalized spacial score (nSPS) is 15.3. The Morgan fingerprint density at radius 1 is 1.16 bits per heavy atom. The minimum atomic E-state index is -0.507. The van der Waals surface area contributed by atoms with Gasteiger partial charge in [-0.15, -0.1) is 12.4 Å². The highest BCUT2D eigenvalue weighted by molar-refractivity contribution is 6.01. The van der Waals surface area contributed by atoms with Crippen LogP contribution in [0.15, 0.2) is 67.1 Å². The van der Waals surface area contributed by atoms with Crippen LogP contribution in [0.25, 0.3) is 0 Å². The number of nitrogens with zero attached hydrogens (tertiary/aromatic N) is 4. The summed E-state index contributed by atoms with van der Waals surface area (Å²) in [6.45, 7) is 1.14. The van der Waals surface area contributed by atoms with Crippen molar-refractivity contribution in [3.05, 3.63) is 83.9 Å². The molecule has 3 aromatic rings. The third-order valence-corrected chi connectivity index (χ3v) is 5.18. The summed E-state index contributed by atoms with van der Waals surface area (Å²) in [5, 5.41) is 11.8. The maximum atomic E-state index is 12.7.